The lowest BCUT2D eigenvalue weighted by Gasteiger charge is -2.20. The molecule has 2 heterocycles. The van der Waals surface area contributed by atoms with Gasteiger partial charge in [0.25, 0.3) is 5.91 Å². The third kappa shape index (κ3) is 4.37. The number of benzene rings is 1. The number of aromatic nitrogens is 3. The molecule has 1 aromatic carbocycles. The van der Waals surface area contributed by atoms with Crippen molar-refractivity contribution in [2.24, 2.45) is 0 Å². The summed E-state index contributed by atoms with van der Waals surface area (Å²) < 4.78 is 1.73. The van der Waals surface area contributed by atoms with Crippen molar-refractivity contribution in [1.82, 2.24) is 20.1 Å². The van der Waals surface area contributed by atoms with Gasteiger partial charge in [-0.25, -0.2) is 4.68 Å². The molecule has 5 nitrogen and oxygen atoms in total. The Morgan fingerprint density at radius 1 is 1.12 bits per heavy atom. The van der Waals surface area contributed by atoms with E-state index < -0.39 is 0 Å². The Morgan fingerprint density at radius 2 is 1.96 bits per heavy atom. The maximum absolute atomic E-state index is 12.5. The summed E-state index contributed by atoms with van der Waals surface area (Å²) in [5.74, 6) is 6.11. The van der Waals surface area contributed by atoms with Crippen molar-refractivity contribution in [3.05, 3.63) is 77.9 Å². The van der Waals surface area contributed by atoms with E-state index in [-0.39, 0.29) is 11.4 Å². The van der Waals surface area contributed by atoms with E-state index in [2.05, 4.69) is 27.2 Å². The van der Waals surface area contributed by atoms with Crippen molar-refractivity contribution in [2.75, 3.05) is 0 Å². The average Bonchev–Trinajstić information content (AvgIpc) is 3.13. The molecular formula is C21H20N4O. The van der Waals surface area contributed by atoms with Crippen LogP contribution in [-0.4, -0.2) is 26.2 Å². The molecule has 0 unspecified atom stereocenters. The Morgan fingerprint density at radius 3 is 2.62 bits per heavy atom. The summed E-state index contributed by atoms with van der Waals surface area (Å²) in [6.45, 7) is 5.85. The molecule has 0 radical (unpaired) electrons. The Balaban J connectivity index is 2.02. The third-order valence-electron chi connectivity index (χ3n) is 3.50. The minimum atomic E-state index is -0.306. The van der Waals surface area contributed by atoms with Gasteiger partial charge in [0.2, 0.25) is 0 Å². The van der Waals surface area contributed by atoms with Gasteiger partial charge in [0.05, 0.1) is 11.3 Å². The van der Waals surface area contributed by atoms with Crippen LogP contribution in [0.3, 0.4) is 0 Å². The lowest BCUT2D eigenvalue weighted by Crippen LogP contribution is -2.40. The largest absolute Gasteiger partial charge is 0.347 e. The second-order valence-electron chi connectivity index (χ2n) is 6.88. The molecule has 0 saturated carbocycles. The van der Waals surface area contributed by atoms with Gasteiger partial charge in [-0.05, 0) is 57.2 Å². The molecule has 0 spiro atoms. The maximum atomic E-state index is 12.5. The van der Waals surface area contributed by atoms with Crippen LogP contribution in [-0.2, 0) is 0 Å². The summed E-state index contributed by atoms with van der Waals surface area (Å²) in [6.07, 6.45) is 6.96. The van der Waals surface area contributed by atoms with Crippen LogP contribution >= 0.6 is 0 Å². The molecule has 3 aromatic rings. The van der Waals surface area contributed by atoms with Crippen molar-refractivity contribution < 1.29 is 4.79 Å². The summed E-state index contributed by atoms with van der Waals surface area (Å²) >= 11 is 0. The lowest BCUT2D eigenvalue weighted by atomic mass is 10.0. The molecule has 5 heteroatoms. The quantitative estimate of drug-likeness (QED) is 0.726. The first-order valence-corrected chi connectivity index (χ1v) is 8.31. The number of pyridine rings is 1. The smallest absolute Gasteiger partial charge is 0.251 e. The molecule has 1 amide bonds. The molecule has 0 bridgehead atoms. The van der Waals surface area contributed by atoms with Crippen LogP contribution in [0.1, 0.15) is 42.3 Å². The Hall–Kier alpha value is -3.39. The van der Waals surface area contributed by atoms with Crippen molar-refractivity contribution in [2.45, 2.75) is 26.3 Å². The summed E-state index contributed by atoms with van der Waals surface area (Å²) in [5, 5.41) is 7.24. The second kappa shape index (κ2) is 7.24. The normalized spacial score (nSPS) is 10.7. The molecule has 0 aliphatic heterocycles. The maximum Gasteiger partial charge on any atom is 0.251 e. The van der Waals surface area contributed by atoms with Gasteiger partial charge in [-0.15, -0.1) is 0 Å². The molecule has 0 aliphatic carbocycles. The molecule has 0 aliphatic rings. The number of nitrogens with one attached hydrogen (secondary N) is 1. The average molecular weight is 344 g/mol. The standard InChI is InChI=1S/C21H20N4O/c1-21(2,3)24-20(26)18-9-10-19(25-13-5-12-23-25)17(14-18)8-7-16-6-4-11-22-15-16/h4-6,9-15H,1-3H3,(H,24,26). The molecular weight excluding hydrogens is 324 g/mol. The first-order valence-electron chi connectivity index (χ1n) is 8.31. The number of nitrogens with zero attached hydrogens (tertiary/aromatic N) is 3. The Labute approximate surface area is 153 Å². The van der Waals surface area contributed by atoms with E-state index in [0.29, 0.717) is 5.56 Å². The van der Waals surface area contributed by atoms with Gasteiger partial charge >= 0.3 is 0 Å². The van der Waals surface area contributed by atoms with Crippen LogP contribution in [0, 0.1) is 11.8 Å². The van der Waals surface area contributed by atoms with Gasteiger partial charge in [0.15, 0.2) is 0 Å². The Bertz CT molecular complexity index is 959. The van der Waals surface area contributed by atoms with E-state index in [1.807, 2.05) is 51.2 Å². The number of amides is 1. The van der Waals surface area contributed by atoms with E-state index in [1.54, 1.807) is 35.4 Å². The first kappa shape index (κ1) is 17.4. The first-order chi connectivity index (χ1) is 12.4. The summed E-state index contributed by atoms with van der Waals surface area (Å²) in [4.78, 5) is 16.6. The van der Waals surface area contributed by atoms with Crippen LogP contribution < -0.4 is 5.32 Å². The Kier molecular flexibility index (Phi) is 4.85. The van der Waals surface area contributed by atoms with Gasteiger partial charge in [-0.2, -0.15) is 5.10 Å². The van der Waals surface area contributed by atoms with Gasteiger partial charge < -0.3 is 5.32 Å². The van der Waals surface area contributed by atoms with Crippen molar-refractivity contribution in [3.63, 3.8) is 0 Å². The predicted octanol–water partition coefficient (Wildman–Crippen LogP) is 3.20. The zero-order valence-electron chi connectivity index (χ0n) is 15.0. The van der Waals surface area contributed by atoms with Crippen LogP contribution in [0.2, 0.25) is 0 Å². The van der Waals surface area contributed by atoms with E-state index in [4.69, 9.17) is 0 Å². The summed E-state index contributed by atoms with van der Waals surface area (Å²) in [5.41, 5.74) is 2.60. The highest BCUT2D eigenvalue weighted by molar-refractivity contribution is 5.95. The SMILES string of the molecule is CC(C)(C)NC(=O)c1ccc(-n2cccn2)c(C#Cc2cccnc2)c1. The summed E-state index contributed by atoms with van der Waals surface area (Å²) in [6, 6.07) is 11.0. The van der Waals surface area contributed by atoms with Crippen molar-refractivity contribution in [1.29, 1.82) is 0 Å². The zero-order valence-corrected chi connectivity index (χ0v) is 15.0. The highest BCUT2D eigenvalue weighted by Gasteiger charge is 2.16. The molecule has 0 saturated heterocycles. The highest BCUT2D eigenvalue weighted by Crippen LogP contribution is 2.16. The van der Waals surface area contributed by atoms with Gasteiger partial charge in [0.1, 0.15) is 0 Å². The number of hydrogen-bond donors (Lipinski definition) is 1. The minimum absolute atomic E-state index is 0.131. The van der Waals surface area contributed by atoms with Crippen molar-refractivity contribution >= 4 is 5.91 Å². The molecule has 2 aromatic heterocycles. The fourth-order valence-electron chi connectivity index (χ4n) is 2.38. The fraction of sp³-hybridized carbons (Fsp3) is 0.190. The number of rotatable bonds is 2. The van der Waals surface area contributed by atoms with Crippen LogP contribution in [0.15, 0.2) is 61.2 Å². The number of carbonyl (C=O) groups excluding carboxylic acids is 1. The summed E-state index contributed by atoms with van der Waals surface area (Å²) in [7, 11) is 0. The molecule has 1 N–H and O–H groups in total. The van der Waals surface area contributed by atoms with E-state index >= 15 is 0 Å². The second-order valence-corrected chi connectivity index (χ2v) is 6.88. The molecule has 0 atom stereocenters. The predicted molar refractivity (Wildman–Crippen MR) is 101 cm³/mol. The van der Waals surface area contributed by atoms with Crippen LogP contribution in [0.4, 0.5) is 0 Å². The fourth-order valence-corrected chi connectivity index (χ4v) is 2.38. The molecule has 130 valence electrons. The minimum Gasteiger partial charge on any atom is -0.347 e. The van der Waals surface area contributed by atoms with Gasteiger partial charge in [-0.3, -0.25) is 9.78 Å². The molecule has 26 heavy (non-hydrogen) atoms. The lowest BCUT2D eigenvalue weighted by molar-refractivity contribution is 0.0919. The number of hydrogen-bond acceptors (Lipinski definition) is 3. The van der Waals surface area contributed by atoms with Crippen LogP contribution in [0.5, 0.6) is 0 Å². The van der Waals surface area contributed by atoms with Gasteiger partial charge in [-0.1, -0.05) is 11.8 Å². The van der Waals surface area contributed by atoms with E-state index in [1.165, 1.54) is 0 Å². The molecule has 3 rings (SSSR count). The van der Waals surface area contributed by atoms with Gasteiger partial charge in [0, 0.05) is 41.5 Å². The van der Waals surface area contributed by atoms with E-state index in [9.17, 15) is 4.79 Å². The van der Waals surface area contributed by atoms with Crippen molar-refractivity contribution in [3.8, 4) is 17.5 Å². The monoisotopic (exact) mass is 344 g/mol. The number of carbonyl (C=O) groups is 1. The third-order valence-corrected chi connectivity index (χ3v) is 3.50. The van der Waals surface area contributed by atoms with Crippen LogP contribution in [0.25, 0.3) is 5.69 Å². The topological polar surface area (TPSA) is 59.8 Å². The highest BCUT2D eigenvalue weighted by atomic mass is 16.1. The molecule has 0 fully saturated rings. The zero-order chi connectivity index (χ0) is 18.6. The van der Waals surface area contributed by atoms with E-state index in [0.717, 1.165) is 16.8 Å².